The van der Waals surface area contributed by atoms with E-state index in [0.717, 1.165) is 9.15 Å². The summed E-state index contributed by atoms with van der Waals surface area (Å²) in [5.74, 6) is -0.856. The highest BCUT2D eigenvalue weighted by molar-refractivity contribution is 9.10. The number of alkyl halides is 3. The predicted octanol–water partition coefficient (Wildman–Crippen LogP) is 7.52. The topological polar surface area (TPSA) is 59.0 Å². The average Bonchev–Trinajstić information content (AvgIpc) is 3.06. The number of aromatic nitrogens is 2. The molecular formula is C20H13BrCl3F3N4O. The standard InChI is InChI=1S/C20H13BrCl3F3N4O/c21-10-3-1-9(2-4-10)14-8-15(20(25,26)27)31-18(29-14)16(24)17(30-31)19(32)28-11-5-6-12(22)13(23)7-11/h1-7,14-15,29H,8H2,(H,28,32)/t14-,15+/m1/s1. The molecule has 2 atom stereocenters. The van der Waals surface area contributed by atoms with Crippen LogP contribution in [-0.2, 0) is 0 Å². The Morgan fingerprint density at radius 3 is 2.44 bits per heavy atom. The minimum atomic E-state index is -4.60. The molecule has 1 aromatic heterocycles. The normalized spacial score (nSPS) is 18.1. The Morgan fingerprint density at radius 2 is 1.81 bits per heavy atom. The van der Waals surface area contributed by atoms with E-state index in [-0.39, 0.29) is 33.0 Å². The van der Waals surface area contributed by atoms with E-state index in [1.807, 2.05) is 0 Å². The van der Waals surface area contributed by atoms with Crippen molar-refractivity contribution in [2.45, 2.75) is 24.7 Å². The van der Waals surface area contributed by atoms with Crippen molar-refractivity contribution in [3.8, 4) is 0 Å². The number of carbonyl (C=O) groups is 1. The number of anilines is 2. The zero-order valence-electron chi connectivity index (χ0n) is 15.9. The number of fused-ring (bicyclic) bond motifs is 1. The van der Waals surface area contributed by atoms with E-state index < -0.39 is 24.2 Å². The molecule has 0 unspecified atom stereocenters. The first-order valence-electron chi connectivity index (χ1n) is 9.17. The zero-order valence-corrected chi connectivity index (χ0v) is 19.7. The van der Waals surface area contributed by atoms with Gasteiger partial charge in [-0.25, -0.2) is 4.68 Å². The zero-order chi connectivity index (χ0) is 23.2. The van der Waals surface area contributed by atoms with E-state index >= 15 is 0 Å². The number of amides is 1. The van der Waals surface area contributed by atoms with Crippen molar-refractivity contribution < 1.29 is 18.0 Å². The largest absolute Gasteiger partial charge is 0.410 e. The van der Waals surface area contributed by atoms with Crippen molar-refractivity contribution >= 4 is 68.1 Å². The van der Waals surface area contributed by atoms with Gasteiger partial charge in [0, 0.05) is 16.6 Å². The van der Waals surface area contributed by atoms with Gasteiger partial charge >= 0.3 is 6.18 Å². The second kappa shape index (κ2) is 8.78. The lowest BCUT2D eigenvalue weighted by Crippen LogP contribution is -2.35. The van der Waals surface area contributed by atoms with Crippen LogP contribution < -0.4 is 10.6 Å². The van der Waals surface area contributed by atoms with Gasteiger partial charge < -0.3 is 10.6 Å². The Kier molecular flexibility index (Phi) is 6.37. The van der Waals surface area contributed by atoms with Gasteiger partial charge in [-0.05, 0) is 35.9 Å². The number of carbonyl (C=O) groups excluding carboxylic acids is 1. The van der Waals surface area contributed by atoms with Crippen LogP contribution in [0, 0.1) is 0 Å². The molecule has 5 nitrogen and oxygen atoms in total. The van der Waals surface area contributed by atoms with Crippen LogP contribution in [0.3, 0.4) is 0 Å². The summed E-state index contributed by atoms with van der Waals surface area (Å²) in [6, 6.07) is 8.65. The fourth-order valence-electron chi connectivity index (χ4n) is 3.41. The highest BCUT2D eigenvalue weighted by Crippen LogP contribution is 2.46. The van der Waals surface area contributed by atoms with Crippen LogP contribution in [0.1, 0.15) is 34.6 Å². The molecule has 1 aliphatic heterocycles. The molecule has 4 rings (SSSR count). The number of halogens is 7. The first-order chi connectivity index (χ1) is 15.0. The van der Waals surface area contributed by atoms with Crippen molar-refractivity contribution in [3.05, 3.63) is 73.3 Å². The van der Waals surface area contributed by atoms with Gasteiger partial charge in [0.2, 0.25) is 0 Å². The predicted molar refractivity (Wildman–Crippen MR) is 122 cm³/mol. The van der Waals surface area contributed by atoms with Gasteiger partial charge in [0.05, 0.1) is 16.1 Å². The molecule has 0 saturated heterocycles. The van der Waals surface area contributed by atoms with Gasteiger partial charge in [-0.2, -0.15) is 18.3 Å². The summed E-state index contributed by atoms with van der Waals surface area (Å²) < 4.78 is 43.2. The second-order valence-corrected chi connectivity index (χ2v) is 9.19. The van der Waals surface area contributed by atoms with Crippen LogP contribution in [0.2, 0.25) is 15.1 Å². The number of nitrogens with one attached hydrogen (secondary N) is 2. The molecule has 12 heteroatoms. The van der Waals surface area contributed by atoms with Crippen molar-refractivity contribution in [3.63, 3.8) is 0 Å². The smallest absolute Gasteiger partial charge is 0.362 e. The van der Waals surface area contributed by atoms with E-state index in [4.69, 9.17) is 34.8 Å². The first-order valence-corrected chi connectivity index (χ1v) is 11.1. The summed E-state index contributed by atoms with van der Waals surface area (Å²) in [7, 11) is 0. The van der Waals surface area contributed by atoms with Crippen LogP contribution in [0.4, 0.5) is 24.7 Å². The molecule has 0 radical (unpaired) electrons. The third-order valence-corrected chi connectivity index (χ3v) is 6.59. The van der Waals surface area contributed by atoms with E-state index in [9.17, 15) is 18.0 Å². The molecule has 1 amide bonds. The van der Waals surface area contributed by atoms with Gasteiger partial charge in [0.15, 0.2) is 11.7 Å². The van der Waals surface area contributed by atoms with Gasteiger partial charge in [-0.3, -0.25) is 4.79 Å². The molecule has 0 aliphatic carbocycles. The fourth-order valence-corrected chi connectivity index (χ4v) is 4.24. The van der Waals surface area contributed by atoms with Crippen molar-refractivity contribution in [1.29, 1.82) is 0 Å². The molecular weight excluding hydrogens is 556 g/mol. The minimum Gasteiger partial charge on any atom is -0.362 e. The number of benzene rings is 2. The Bertz CT molecular complexity index is 1180. The van der Waals surface area contributed by atoms with Crippen molar-refractivity contribution in [2.75, 3.05) is 10.6 Å². The molecule has 3 aromatic rings. The quantitative estimate of drug-likeness (QED) is 0.344. The molecule has 2 N–H and O–H groups in total. The van der Waals surface area contributed by atoms with Crippen LogP contribution in [0.25, 0.3) is 0 Å². The van der Waals surface area contributed by atoms with Gasteiger partial charge in [-0.15, -0.1) is 0 Å². The Labute approximate surface area is 204 Å². The molecule has 2 heterocycles. The average molecular weight is 569 g/mol. The van der Waals surface area contributed by atoms with Gasteiger partial charge in [0.25, 0.3) is 5.91 Å². The van der Waals surface area contributed by atoms with Crippen LogP contribution >= 0.6 is 50.7 Å². The number of hydrogen-bond donors (Lipinski definition) is 2. The van der Waals surface area contributed by atoms with Gasteiger partial charge in [-0.1, -0.05) is 62.9 Å². The molecule has 168 valence electrons. The molecule has 2 aromatic carbocycles. The third kappa shape index (κ3) is 4.57. The lowest BCUT2D eigenvalue weighted by molar-refractivity contribution is -0.173. The molecule has 0 bridgehead atoms. The summed E-state index contributed by atoms with van der Waals surface area (Å²) >= 11 is 21.4. The third-order valence-electron chi connectivity index (χ3n) is 4.96. The molecule has 0 saturated carbocycles. The summed E-state index contributed by atoms with van der Waals surface area (Å²) in [5.41, 5.74) is 0.596. The minimum absolute atomic E-state index is 0.0764. The van der Waals surface area contributed by atoms with Gasteiger partial charge in [0.1, 0.15) is 10.8 Å². The molecule has 0 fully saturated rings. The van der Waals surface area contributed by atoms with Crippen LogP contribution in [0.15, 0.2) is 46.9 Å². The summed E-state index contributed by atoms with van der Waals surface area (Å²) in [4.78, 5) is 12.7. The summed E-state index contributed by atoms with van der Waals surface area (Å²) in [5, 5.41) is 9.70. The van der Waals surface area contributed by atoms with E-state index in [0.29, 0.717) is 11.3 Å². The summed E-state index contributed by atoms with van der Waals surface area (Å²) in [6.45, 7) is 0. The van der Waals surface area contributed by atoms with E-state index in [1.165, 1.54) is 18.2 Å². The highest BCUT2D eigenvalue weighted by atomic mass is 79.9. The number of rotatable bonds is 3. The number of nitrogens with zero attached hydrogens (tertiary/aromatic N) is 2. The lowest BCUT2D eigenvalue weighted by Gasteiger charge is -2.33. The van der Waals surface area contributed by atoms with Crippen LogP contribution in [0.5, 0.6) is 0 Å². The maximum absolute atomic E-state index is 13.9. The summed E-state index contributed by atoms with van der Waals surface area (Å²) in [6.07, 6.45) is -4.92. The Morgan fingerprint density at radius 1 is 1.12 bits per heavy atom. The molecule has 32 heavy (non-hydrogen) atoms. The van der Waals surface area contributed by atoms with E-state index in [2.05, 4.69) is 31.7 Å². The monoisotopic (exact) mass is 566 g/mol. The van der Waals surface area contributed by atoms with Crippen LogP contribution in [-0.4, -0.2) is 21.9 Å². The second-order valence-electron chi connectivity index (χ2n) is 7.08. The maximum atomic E-state index is 13.9. The SMILES string of the molecule is O=C(Nc1ccc(Cl)c(Cl)c1)c1nn2c(c1Cl)N[C@@H](c1ccc(Br)cc1)C[C@H]2C(F)(F)F. The van der Waals surface area contributed by atoms with E-state index in [1.54, 1.807) is 24.3 Å². The maximum Gasteiger partial charge on any atom is 0.410 e. The fraction of sp³-hybridized carbons (Fsp3) is 0.200. The molecule has 0 spiro atoms. The molecule has 1 aliphatic rings. The lowest BCUT2D eigenvalue weighted by atomic mass is 9.97. The van der Waals surface area contributed by atoms with Crippen molar-refractivity contribution in [2.24, 2.45) is 0 Å². The first kappa shape index (κ1) is 23.2. The highest BCUT2D eigenvalue weighted by Gasteiger charge is 2.47. The van der Waals surface area contributed by atoms with Crippen molar-refractivity contribution in [1.82, 2.24) is 9.78 Å². The Balaban J connectivity index is 1.69. The number of hydrogen-bond acceptors (Lipinski definition) is 3. The Hall–Kier alpha value is -1.94.